The van der Waals surface area contributed by atoms with Crippen LogP contribution in [0.3, 0.4) is 0 Å². The maximum absolute atomic E-state index is 3.83. The summed E-state index contributed by atoms with van der Waals surface area (Å²) in [5.41, 5.74) is 4.21. The Bertz CT molecular complexity index is 731. The molecule has 2 aromatic rings. The van der Waals surface area contributed by atoms with Crippen LogP contribution >= 0.6 is 30.3 Å². The van der Waals surface area contributed by atoms with Gasteiger partial charge >= 0.3 is 0 Å². The van der Waals surface area contributed by atoms with Crippen LogP contribution in [-0.4, -0.2) is 6.54 Å². The zero-order valence-electron chi connectivity index (χ0n) is 15.5. The largest absolute Gasteiger partial charge is 0.308 e. The number of allylic oxidation sites excluding steroid dienone is 4. The molecule has 3 rings (SSSR count). The first kappa shape index (κ1) is 20.6. The van der Waals surface area contributed by atoms with E-state index in [1.807, 2.05) is 0 Å². The maximum Gasteiger partial charge on any atom is 0.0623 e. The van der Waals surface area contributed by atoms with Crippen molar-refractivity contribution in [2.24, 2.45) is 0 Å². The molecule has 0 spiro atoms. The first-order valence-electron chi connectivity index (χ1n) is 9.58. The molecule has 27 heavy (non-hydrogen) atoms. The lowest BCUT2D eigenvalue weighted by Crippen LogP contribution is -2.33. The zero-order valence-corrected chi connectivity index (χ0v) is 18.5. The van der Waals surface area contributed by atoms with E-state index >= 15 is 0 Å². The molecule has 142 valence electrons. The molecular weight excluding hydrogens is 463 g/mol. The summed E-state index contributed by atoms with van der Waals surface area (Å²) >= 11 is 2.32. The van der Waals surface area contributed by atoms with E-state index in [4.69, 9.17) is 0 Å². The molecule has 0 fully saturated rings. The van der Waals surface area contributed by atoms with Gasteiger partial charge in [0.1, 0.15) is 0 Å². The molecule has 0 bridgehead atoms. The van der Waals surface area contributed by atoms with Gasteiger partial charge in [0.25, 0.3) is 0 Å². The Morgan fingerprint density at radius 1 is 0.889 bits per heavy atom. The van der Waals surface area contributed by atoms with Crippen molar-refractivity contribution < 1.29 is 0 Å². The molecule has 2 aromatic carbocycles. The third-order valence-electron chi connectivity index (χ3n) is 4.95. The third kappa shape index (κ3) is 6.49. The van der Waals surface area contributed by atoms with Gasteiger partial charge < -0.3 is 5.32 Å². The highest BCUT2D eigenvalue weighted by Crippen LogP contribution is 2.32. The fourth-order valence-electron chi connectivity index (χ4n) is 3.55. The van der Waals surface area contributed by atoms with Crippen LogP contribution in [0.25, 0.3) is 0 Å². The molecule has 0 heterocycles. The summed E-state index contributed by atoms with van der Waals surface area (Å²) in [6, 6.07) is 22.0. The van der Waals surface area contributed by atoms with Crippen LogP contribution in [0, 0.1) is 0 Å². The topological polar surface area (TPSA) is 24.1 Å². The number of benzene rings is 2. The molecule has 4 heteroatoms. The molecule has 2 atom stereocenters. The summed E-state index contributed by atoms with van der Waals surface area (Å²) in [5.74, 6) is 0. The van der Waals surface area contributed by atoms with Gasteiger partial charge in [0.15, 0.2) is 0 Å². The van der Waals surface area contributed by atoms with Gasteiger partial charge in [-0.3, -0.25) is 0 Å². The van der Waals surface area contributed by atoms with Crippen LogP contribution in [0.1, 0.15) is 48.9 Å². The first-order chi connectivity index (χ1) is 13.4. The lowest BCUT2D eigenvalue weighted by molar-refractivity contribution is 0.432. The molecule has 1 aliphatic carbocycles. The minimum atomic E-state index is 0.215. The summed E-state index contributed by atoms with van der Waals surface area (Å²) in [4.78, 5) is 0. The Labute approximate surface area is 179 Å². The molecule has 0 amide bonds. The molecule has 0 aromatic heterocycles. The van der Waals surface area contributed by atoms with Crippen LogP contribution in [0.2, 0.25) is 0 Å². The second-order valence-corrected chi connectivity index (χ2v) is 8.51. The van der Waals surface area contributed by atoms with Gasteiger partial charge in [-0.05, 0) is 52.5 Å². The Morgan fingerprint density at radius 2 is 1.56 bits per heavy atom. The van der Waals surface area contributed by atoms with Gasteiger partial charge in [0.05, 0.1) is 12.1 Å². The molecule has 1 aliphatic rings. The van der Waals surface area contributed by atoms with Gasteiger partial charge in [-0.1, -0.05) is 84.5 Å². The lowest BCUT2D eigenvalue weighted by Gasteiger charge is -2.29. The number of halogens is 1. The number of hydrogen-bond donors (Lipinski definition) is 2. The van der Waals surface area contributed by atoms with Gasteiger partial charge in [-0.25, -0.2) is 4.72 Å². The first-order valence-corrected chi connectivity index (χ1v) is 12.9. The highest BCUT2D eigenvalue weighted by atomic mass is 127. The predicted molar refractivity (Wildman–Crippen MR) is 127 cm³/mol. The molecule has 0 aliphatic heterocycles. The van der Waals surface area contributed by atoms with Gasteiger partial charge in [-0.2, -0.15) is 0 Å². The van der Waals surface area contributed by atoms with E-state index in [2.05, 4.69) is 110 Å². The van der Waals surface area contributed by atoms with Crippen molar-refractivity contribution in [3.63, 3.8) is 0 Å². The Morgan fingerprint density at radius 3 is 2.15 bits per heavy atom. The molecule has 0 saturated heterocycles. The summed E-state index contributed by atoms with van der Waals surface area (Å²) < 4.78 is 3.61. The van der Waals surface area contributed by atoms with Crippen molar-refractivity contribution in [3.05, 3.63) is 95.6 Å². The van der Waals surface area contributed by atoms with Crippen LogP contribution in [0.4, 0.5) is 0 Å². The Balaban J connectivity index is 1.69. The van der Waals surface area contributed by atoms with Crippen LogP contribution < -0.4 is 10.0 Å². The minimum absolute atomic E-state index is 0.215. The minimum Gasteiger partial charge on any atom is -0.308 e. The van der Waals surface area contributed by atoms with Gasteiger partial charge in [0.2, 0.25) is 0 Å². The van der Waals surface area contributed by atoms with E-state index in [1.54, 1.807) is 14.7 Å². The maximum atomic E-state index is 3.83. The Kier molecular flexibility index (Phi) is 8.94. The molecule has 0 radical (unpaired) electrons. The SMILES string of the molecule is ISN[C@H](c1ccccc1)[C@H](NCCCC1=CCC=CC1)c1ccccc1. The fraction of sp³-hybridized carbons (Fsp3) is 0.304. The van der Waals surface area contributed by atoms with Crippen molar-refractivity contribution in [2.75, 3.05) is 6.54 Å². The second kappa shape index (κ2) is 11.7. The number of nitrogens with one attached hydrogen (secondary N) is 2. The average Bonchev–Trinajstić information content (AvgIpc) is 2.75. The lowest BCUT2D eigenvalue weighted by atomic mass is 9.93. The van der Waals surface area contributed by atoms with E-state index in [9.17, 15) is 0 Å². The monoisotopic (exact) mass is 490 g/mol. The molecule has 2 nitrogen and oxygen atoms in total. The fourth-order valence-corrected chi connectivity index (χ4v) is 4.74. The second-order valence-electron chi connectivity index (χ2n) is 6.80. The van der Waals surface area contributed by atoms with E-state index in [-0.39, 0.29) is 12.1 Å². The molecule has 0 saturated carbocycles. The van der Waals surface area contributed by atoms with Crippen LogP contribution in [0.5, 0.6) is 0 Å². The Hall–Kier alpha value is -1.08. The molecule has 2 N–H and O–H groups in total. The number of hydrogen-bond acceptors (Lipinski definition) is 3. The summed E-state index contributed by atoms with van der Waals surface area (Å²) in [6.07, 6.45) is 11.5. The zero-order chi connectivity index (χ0) is 18.7. The van der Waals surface area contributed by atoms with E-state index in [0.717, 1.165) is 19.4 Å². The van der Waals surface area contributed by atoms with Gasteiger partial charge in [-0.15, -0.1) is 0 Å². The summed E-state index contributed by atoms with van der Waals surface area (Å²) in [6.45, 7) is 1.01. The van der Waals surface area contributed by atoms with Crippen LogP contribution in [0.15, 0.2) is 84.5 Å². The molecular formula is C23H27IN2S. The predicted octanol–water partition coefficient (Wildman–Crippen LogP) is 6.70. The highest BCUT2D eigenvalue weighted by Gasteiger charge is 2.24. The van der Waals surface area contributed by atoms with Crippen molar-refractivity contribution in [2.45, 2.75) is 37.8 Å². The van der Waals surface area contributed by atoms with Gasteiger partial charge in [0, 0.05) is 21.2 Å². The van der Waals surface area contributed by atoms with Crippen molar-refractivity contribution >= 4 is 30.3 Å². The summed E-state index contributed by atoms with van der Waals surface area (Å²) in [5, 5.41) is 3.83. The van der Waals surface area contributed by atoms with Crippen molar-refractivity contribution in [1.82, 2.24) is 10.0 Å². The normalized spacial score (nSPS) is 16.0. The van der Waals surface area contributed by atoms with E-state index in [0.29, 0.717) is 0 Å². The average molecular weight is 490 g/mol. The molecule has 0 unspecified atom stereocenters. The van der Waals surface area contributed by atoms with E-state index < -0.39 is 0 Å². The quantitative estimate of drug-likeness (QED) is 0.168. The summed E-state index contributed by atoms with van der Waals surface area (Å²) in [7, 11) is 1.65. The highest BCUT2D eigenvalue weighted by molar-refractivity contribution is 14.2. The van der Waals surface area contributed by atoms with Crippen LogP contribution in [-0.2, 0) is 0 Å². The third-order valence-corrected chi connectivity index (χ3v) is 6.06. The van der Waals surface area contributed by atoms with E-state index in [1.165, 1.54) is 24.0 Å². The number of rotatable bonds is 10. The van der Waals surface area contributed by atoms with Crippen molar-refractivity contribution in [1.29, 1.82) is 0 Å². The van der Waals surface area contributed by atoms with Crippen molar-refractivity contribution in [3.8, 4) is 0 Å². The smallest absolute Gasteiger partial charge is 0.0623 e. The standard InChI is InChI=1S/C23H27IN2S/c24-27-26-23(21-16-8-3-9-17-21)22(20-14-6-2-7-15-20)25-18-10-13-19-11-4-1-5-12-19/h1-4,6-9,12,14-17,22-23,25-26H,5,10-11,13,18H2/t22-,23-/m1/s1.